The number of carbonyl (C=O) groups excluding carboxylic acids is 1. The summed E-state index contributed by atoms with van der Waals surface area (Å²) in [4.78, 5) is 16.4. The van der Waals surface area contributed by atoms with Crippen molar-refractivity contribution in [1.29, 1.82) is 0 Å². The number of hydrogen-bond donors (Lipinski definition) is 1. The second-order valence-electron chi connectivity index (χ2n) is 7.32. The first-order valence-corrected chi connectivity index (χ1v) is 12.5. The van der Waals surface area contributed by atoms with Crippen LogP contribution < -0.4 is 10.1 Å². The minimum absolute atomic E-state index is 0.0215. The van der Waals surface area contributed by atoms with Gasteiger partial charge in [0.1, 0.15) is 12.4 Å². The third-order valence-electron chi connectivity index (χ3n) is 5.11. The molecule has 0 aliphatic heterocycles. The van der Waals surface area contributed by atoms with Crippen molar-refractivity contribution in [2.75, 3.05) is 11.1 Å². The van der Waals surface area contributed by atoms with Crippen LogP contribution in [0.2, 0.25) is 0 Å². The molecule has 1 unspecified atom stereocenters. The molecule has 0 saturated heterocycles. The predicted octanol–water partition coefficient (Wildman–Crippen LogP) is 5.22. The van der Waals surface area contributed by atoms with Crippen molar-refractivity contribution in [3.8, 4) is 5.75 Å². The maximum absolute atomic E-state index is 12.4. The molecule has 2 heterocycles. The number of thioether (sulfide) groups is 1. The summed E-state index contributed by atoms with van der Waals surface area (Å²) in [6.07, 6.45) is 2.65. The molecule has 0 fully saturated rings. The number of nitrogens with one attached hydrogen (secondary N) is 1. The lowest BCUT2D eigenvalue weighted by Gasteiger charge is -2.18. The Morgan fingerprint density at radius 1 is 1.15 bits per heavy atom. The molecular formula is C24H25N5O2S2. The van der Waals surface area contributed by atoms with Gasteiger partial charge in [-0.15, -0.1) is 21.5 Å². The van der Waals surface area contributed by atoms with Gasteiger partial charge in [-0.25, -0.2) is 4.98 Å². The fourth-order valence-corrected chi connectivity index (χ4v) is 4.69. The highest BCUT2D eigenvalue weighted by atomic mass is 32.2. The van der Waals surface area contributed by atoms with Gasteiger partial charge >= 0.3 is 0 Å². The standard InChI is InChI=1S/C24H25N5O2S2/c1-3-18-9-11-20(12-10-18)31-15-21-27-28-24(29(21)17(2)19-7-5-4-6-8-19)33-16-22(30)26-23-25-13-14-32-23/h4-14,17H,3,15-16H2,1-2H3,(H,25,26,30). The van der Waals surface area contributed by atoms with Crippen LogP contribution in [0.1, 0.15) is 36.8 Å². The number of thiazole rings is 1. The molecule has 170 valence electrons. The number of amides is 1. The Morgan fingerprint density at radius 2 is 1.94 bits per heavy atom. The summed E-state index contributed by atoms with van der Waals surface area (Å²) < 4.78 is 8.05. The minimum atomic E-state index is -0.134. The van der Waals surface area contributed by atoms with Crippen molar-refractivity contribution in [2.45, 2.75) is 38.1 Å². The Labute approximate surface area is 201 Å². The van der Waals surface area contributed by atoms with Crippen molar-refractivity contribution in [3.63, 3.8) is 0 Å². The zero-order valence-electron chi connectivity index (χ0n) is 18.5. The van der Waals surface area contributed by atoms with E-state index in [4.69, 9.17) is 4.74 Å². The molecule has 4 rings (SSSR count). The van der Waals surface area contributed by atoms with Crippen LogP contribution in [-0.2, 0) is 17.8 Å². The van der Waals surface area contributed by atoms with Gasteiger partial charge in [0, 0.05) is 11.6 Å². The number of benzene rings is 2. The Kier molecular flexibility index (Phi) is 7.74. The molecule has 33 heavy (non-hydrogen) atoms. The lowest BCUT2D eigenvalue weighted by Crippen LogP contribution is -2.16. The summed E-state index contributed by atoms with van der Waals surface area (Å²) in [6, 6.07) is 18.2. The molecule has 0 radical (unpaired) electrons. The molecule has 9 heteroatoms. The second kappa shape index (κ2) is 11.1. The normalized spacial score (nSPS) is 11.8. The lowest BCUT2D eigenvalue weighted by molar-refractivity contribution is -0.113. The topological polar surface area (TPSA) is 81.9 Å². The fourth-order valence-electron chi connectivity index (χ4n) is 3.31. The Balaban J connectivity index is 1.51. The largest absolute Gasteiger partial charge is 0.486 e. The van der Waals surface area contributed by atoms with Crippen LogP contribution in [0, 0.1) is 0 Å². The van der Waals surface area contributed by atoms with Gasteiger partial charge in [-0.05, 0) is 36.6 Å². The van der Waals surface area contributed by atoms with E-state index in [1.165, 1.54) is 28.7 Å². The van der Waals surface area contributed by atoms with Gasteiger partial charge in [0.2, 0.25) is 5.91 Å². The minimum Gasteiger partial charge on any atom is -0.486 e. The van der Waals surface area contributed by atoms with Crippen LogP contribution in [0.25, 0.3) is 0 Å². The molecule has 0 bridgehead atoms. The molecule has 2 aromatic heterocycles. The molecule has 0 saturated carbocycles. The zero-order valence-corrected chi connectivity index (χ0v) is 20.1. The molecule has 7 nitrogen and oxygen atoms in total. The number of nitrogens with zero attached hydrogens (tertiary/aromatic N) is 4. The number of rotatable bonds is 10. The quantitative estimate of drug-likeness (QED) is 0.314. The number of carbonyl (C=O) groups is 1. The molecule has 0 spiro atoms. The first-order chi connectivity index (χ1) is 16.1. The smallest absolute Gasteiger partial charge is 0.236 e. The molecule has 4 aromatic rings. The first kappa shape index (κ1) is 23.0. The van der Waals surface area contributed by atoms with Crippen LogP contribution in [0.15, 0.2) is 71.3 Å². The van der Waals surface area contributed by atoms with E-state index < -0.39 is 0 Å². The molecule has 2 aromatic carbocycles. The molecule has 1 amide bonds. The highest BCUT2D eigenvalue weighted by molar-refractivity contribution is 7.99. The summed E-state index contributed by atoms with van der Waals surface area (Å²) in [6.45, 7) is 4.50. The summed E-state index contributed by atoms with van der Waals surface area (Å²) in [5.74, 6) is 1.56. The SMILES string of the molecule is CCc1ccc(OCc2nnc(SCC(=O)Nc3nccs3)n2C(C)c2ccccc2)cc1. The zero-order chi connectivity index (χ0) is 23.0. The van der Waals surface area contributed by atoms with E-state index in [0.29, 0.717) is 16.1 Å². The lowest BCUT2D eigenvalue weighted by atomic mass is 10.1. The van der Waals surface area contributed by atoms with Gasteiger partial charge in [-0.3, -0.25) is 9.36 Å². The van der Waals surface area contributed by atoms with Crippen molar-refractivity contribution < 1.29 is 9.53 Å². The Morgan fingerprint density at radius 3 is 2.64 bits per heavy atom. The summed E-state index contributed by atoms with van der Waals surface area (Å²) >= 11 is 2.73. The van der Waals surface area contributed by atoms with Gasteiger partial charge in [0.15, 0.2) is 16.1 Å². The Bertz CT molecular complexity index is 1160. The van der Waals surface area contributed by atoms with E-state index in [-0.39, 0.29) is 24.3 Å². The molecule has 1 N–H and O–H groups in total. The van der Waals surface area contributed by atoms with Gasteiger partial charge in [-0.2, -0.15) is 0 Å². The van der Waals surface area contributed by atoms with Gasteiger partial charge < -0.3 is 10.1 Å². The number of ether oxygens (including phenoxy) is 1. The van der Waals surface area contributed by atoms with E-state index in [2.05, 4.69) is 58.6 Å². The monoisotopic (exact) mass is 479 g/mol. The fraction of sp³-hybridized carbons (Fsp3) is 0.250. The van der Waals surface area contributed by atoms with Crippen molar-refractivity contribution in [3.05, 3.63) is 83.1 Å². The highest BCUT2D eigenvalue weighted by Crippen LogP contribution is 2.27. The molecule has 0 aliphatic rings. The van der Waals surface area contributed by atoms with Gasteiger partial charge in [0.25, 0.3) is 0 Å². The van der Waals surface area contributed by atoms with E-state index in [1.807, 2.05) is 40.3 Å². The first-order valence-electron chi connectivity index (χ1n) is 10.7. The van der Waals surface area contributed by atoms with Gasteiger partial charge in [-0.1, -0.05) is 61.2 Å². The third-order valence-corrected chi connectivity index (χ3v) is 6.75. The van der Waals surface area contributed by atoms with Crippen LogP contribution in [-0.4, -0.2) is 31.4 Å². The molecular weight excluding hydrogens is 454 g/mol. The maximum atomic E-state index is 12.4. The van der Waals surface area contributed by atoms with Crippen molar-refractivity contribution in [2.24, 2.45) is 0 Å². The summed E-state index contributed by atoms with van der Waals surface area (Å²) in [5.41, 5.74) is 2.39. The van der Waals surface area contributed by atoms with Crippen molar-refractivity contribution >= 4 is 34.1 Å². The third kappa shape index (κ3) is 6.00. The van der Waals surface area contributed by atoms with Gasteiger partial charge in [0.05, 0.1) is 11.8 Å². The predicted molar refractivity (Wildman–Crippen MR) is 132 cm³/mol. The van der Waals surface area contributed by atoms with Crippen molar-refractivity contribution in [1.82, 2.24) is 19.7 Å². The van der Waals surface area contributed by atoms with E-state index >= 15 is 0 Å². The number of anilines is 1. The van der Waals surface area contributed by atoms with E-state index in [9.17, 15) is 4.79 Å². The molecule has 0 aliphatic carbocycles. The maximum Gasteiger partial charge on any atom is 0.236 e. The van der Waals surface area contributed by atoms with Crippen LogP contribution >= 0.6 is 23.1 Å². The summed E-state index contributed by atoms with van der Waals surface area (Å²) in [7, 11) is 0. The number of hydrogen-bond acceptors (Lipinski definition) is 7. The van der Waals surface area contributed by atoms with E-state index in [0.717, 1.165) is 17.7 Å². The number of aryl methyl sites for hydroxylation is 1. The highest BCUT2D eigenvalue weighted by Gasteiger charge is 2.20. The van der Waals surface area contributed by atoms with Crippen LogP contribution in [0.5, 0.6) is 5.75 Å². The van der Waals surface area contributed by atoms with E-state index in [1.54, 1.807) is 6.20 Å². The summed E-state index contributed by atoms with van der Waals surface area (Å²) in [5, 5.41) is 14.6. The number of aromatic nitrogens is 4. The second-order valence-corrected chi connectivity index (χ2v) is 9.15. The van der Waals surface area contributed by atoms with Crippen LogP contribution in [0.3, 0.4) is 0 Å². The average Bonchev–Trinajstić information content (AvgIpc) is 3.51. The average molecular weight is 480 g/mol. The van der Waals surface area contributed by atoms with Crippen LogP contribution in [0.4, 0.5) is 5.13 Å². The molecule has 1 atom stereocenters. The Hall–Kier alpha value is -3.17.